The van der Waals surface area contributed by atoms with E-state index in [2.05, 4.69) is 19.1 Å². The van der Waals surface area contributed by atoms with E-state index < -0.39 is 13.3 Å². The molecule has 0 aromatic rings. The minimum atomic E-state index is -2.42. The zero-order chi connectivity index (χ0) is 22.0. The van der Waals surface area contributed by atoms with Gasteiger partial charge >= 0.3 is 8.03 Å². The fourth-order valence-electron chi connectivity index (χ4n) is 4.28. The van der Waals surface area contributed by atoms with Crippen molar-refractivity contribution in [1.82, 2.24) is 0 Å². The highest BCUT2D eigenvalue weighted by Crippen LogP contribution is 2.44. The topological polar surface area (TPSA) is 40.1 Å². The number of unbranched alkanes of at least 4 members (excludes halogenated alkanes) is 13. The van der Waals surface area contributed by atoms with E-state index >= 15 is 0 Å². The average Bonchev–Trinajstić information content (AvgIpc) is 2.66. The van der Waals surface area contributed by atoms with Gasteiger partial charge in [0.2, 0.25) is 0 Å². The summed E-state index contributed by atoms with van der Waals surface area (Å²) in [7, 11) is 3.61. The molecule has 3 nitrogen and oxygen atoms in total. The van der Waals surface area contributed by atoms with Crippen LogP contribution in [-0.4, -0.2) is 30.9 Å². The Kier molecular flexibility index (Phi) is 17.3. The minimum Gasteiger partial charge on any atom is -0.590 e. The number of rotatable bonds is 20. The van der Waals surface area contributed by atoms with Gasteiger partial charge in [0.1, 0.15) is 0 Å². The van der Waals surface area contributed by atoms with Crippen LogP contribution in [0.25, 0.3) is 0 Å². The summed E-state index contributed by atoms with van der Waals surface area (Å²) in [5.41, 5.74) is 0. The van der Waals surface area contributed by atoms with Crippen molar-refractivity contribution < 1.29 is 13.9 Å². The maximum Gasteiger partial charge on any atom is 0.376 e. The molecule has 2 atom stereocenters. The van der Waals surface area contributed by atoms with Gasteiger partial charge in [-0.25, -0.2) is 0 Å². The Morgan fingerprint density at radius 3 is 1.52 bits per heavy atom. The standard InChI is InChI=1S/C25H51NO2P/c1-6-8-9-10-11-12-13-14-15-16-17-18-19-20-21-22-23-24-25(7-2,29(27)28)26(3,4)5/h16-17H,6-15,18-24H2,1-5H3/q+1/b17-16-. The lowest BCUT2D eigenvalue weighted by atomic mass is 10.0. The summed E-state index contributed by atoms with van der Waals surface area (Å²) in [5, 5.41) is -0.604. The van der Waals surface area contributed by atoms with E-state index in [-0.39, 0.29) is 0 Å². The number of hydrogen-bond donors (Lipinski definition) is 0. The molecule has 29 heavy (non-hydrogen) atoms. The van der Waals surface area contributed by atoms with E-state index in [1.54, 1.807) is 0 Å². The van der Waals surface area contributed by atoms with Crippen molar-refractivity contribution in [2.45, 2.75) is 128 Å². The predicted molar refractivity (Wildman–Crippen MR) is 127 cm³/mol. The first kappa shape index (κ1) is 28.8. The first-order valence-electron chi connectivity index (χ1n) is 12.4. The van der Waals surface area contributed by atoms with E-state index in [1.165, 1.54) is 83.5 Å². The molecule has 2 unspecified atom stereocenters. The Balaban J connectivity index is 3.63. The van der Waals surface area contributed by atoms with Gasteiger partial charge in [0.25, 0.3) is 5.28 Å². The second-order valence-electron chi connectivity index (χ2n) is 9.65. The van der Waals surface area contributed by atoms with Gasteiger partial charge in [0, 0.05) is 12.8 Å². The molecule has 0 aromatic carbocycles. The number of allylic oxidation sites excluding steroid dienone is 2. The van der Waals surface area contributed by atoms with Crippen LogP contribution in [0.3, 0.4) is 0 Å². The molecule has 4 heteroatoms. The van der Waals surface area contributed by atoms with Crippen LogP contribution in [0.1, 0.15) is 123 Å². The molecular weight excluding hydrogens is 377 g/mol. The second kappa shape index (κ2) is 17.4. The Hall–Kier alpha value is -0.240. The summed E-state index contributed by atoms with van der Waals surface area (Å²) >= 11 is 0. The van der Waals surface area contributed by atoms with Crippen LogP contribution in [0.4, 0.5) is 0 Å². The van der Waals surface area contributed by atoms with Crippen LogP contribution in [0, 0.1) is 0 Å². The fourth-order valence-corrected chi connectivity index (χ4v) is 5.37. The van der Waals surface area contributed by atoms with E-state index in [0.29, 0.717) is 10.9 Å². The highest BCUT2D eigenvalue weighted by atomic mass is 31.1. The quantitative estimate of drug-likeness (QED) is 0.0861. The predicted octanol–water partition coefficient (Wildman–Crippen LogP) is 7.72. The van der Waals surface area contributed by atoms with Crippen molar-refractivity contribution in [1.29, 1.82) is 0 Å². The van der Waals surface area contributed by atoms with Crippen LogP contribution < -0.4 is 4.89 Å². The molecule has 0 amide bonds. The molecule has 0 aliphatic heterocycles. The average molecular weight is 429 g/mol. The van der Waals surface area contributed by atoms with Crippen molar-refractivity contribution in [2.24, 2.45) is 0 Å². The molecular formula is C25H51NO2P+. The lowest BCUT2D eigenvalue weighted by Gasteiger charge is -2.39. The molecule has 0 fully saturated rings. The SMILES string of the molecule is CCCCCCCCCC/C=C\CCCCCCCC(CC)([P+](=O)[O-])[N+](C)(C)C. The van der Waals surface area contributed by atoms with Gasteiger partial charge in [-0.2, -0.15) is 0 Å². The normalized spacial score (nSPS) is 15.0. The van der Waals surface area contributed by atoms with Crippen molar-refractivity contribution in [3.05, 3.63) is 12.2 Å². The smallest absolute Gasteiger partial charge is 0.376 e. The summed E-state index contributed by atoms with van der Waals surface area (Å²) in [6.45, 7) is 4.28. The third-order valence-corrected chi connectivity index (χ3v) is 8.31. The summed E-state index contributed by atoms with van der Waals surface area (Å²) in [4.78, 5) is 11.9. The molecule has 0 saturated heterocycles. The number of nitrogens with zero attached hydrogens (tertiary/aromatic N) is 1. The Bertz CT molecular complexity index is 431. The van der Waals surface area contributed by atoms with Gasteiger partial charge in [-0.1, -0.05) is 94.8 Å². The maximum atomic E-state index is 11.9. The van der Waals surface area contributed by atoms with E-state index in [4.69, 9.17) is 0 Å². The van der Waals surface area contributed by atoms with Crippen LogP contribution in [-0.2, 0) is 4.57 Å². The first-order valence-corrected chi connectivity index (χ1v) is 13.6. The zero-order valence-electron chi connectivity index (χ0n) is 20.4. The van der Waals surface area contributed by atoms with Crippen LogP contribution in [0.15, 0.2) is 12.2 Å². The third-order valence-electron chi connectivity index (χ3n) is 6.49. The van der Waals surface area contributed by atoms with Gasteiger partial charge in [-0.3, -0.25) is 4.48 Å². The largest absolute Gasteiger partial charge is 0.590 e. The minimum absolute atomic E-state index is 0.506. The van der Waals surface area contributed by atoms with Gasteiger partial charge in [0.05, 0.1) is 21.1 Å². The third kappa shape index (κ3) is 12.9. The number of quaternary nitrogens is 1. The van der Waals surface area contributed by atoms with Gasteiger partial charge in [-0.05, 0) is 32.1 Å². The number of hydrogen-bond acceptors (Lipinski definition) is 2. The summed E-state index contributed by atoms with van der Waals surface area (Å²) < 4.78 is 12.4. The molecule has 0 aromatic heterocycles. The van der Waals surface area contributed by atoms with Crippen LogP contribution >= 0.6 is 8.03 Å². The maximum absolute atomic E-state index is 11.9. The molecule has 0 spiro atoms. The van der Waals surface area contributed by atoms with E-state index in [1.807, 2.05) is 28.1 Å². The molecule has 0 rings (SSSR count). The molecule has 0 N–H and O–H groups in total. The van der Waals surface area contributed by atoms with Crippen molar-refractivity contribution >= 4 is 8.03 Å². The highest BCUT2D eigenvalue weighted by Gasteiger charge is 2.52. The molecule has 172 valence electrons. The monoisotopic (exact) mass is 428 g/mol. The fraction of sp³-hybridized carbons (Fsp3) is 0.920. The zero-order valence-corrected chi connectivity index (χ0v) is 21.3. The second-order valence-corrected chi connectivity index (χ2v) is 11.0. The molecule has 0 aliphatic rings. The van der Waals surface area contributed by atoms with Gasteiger partial charge < -0.3 is 4.89 Å². The van der Waals surface area contributed by atoms with Crippen molar-refractivity contribution in [2.75, 3.05) is 21.1 Å². The lowest BCUT2D eigenvalue weighted by Crippen LogP contribution is -2.55. The molecule has 0 radical (unpaired) electrons. The molecule has 0 bridgehead atoms. The Labute approximate surface area is 183 Å². The summed E-state index contributed by atoms with van der Waals surface area (Å²) in [6, 6.07) is 0. The van der Waals surface area contributed by atoms with E-state index in [9.17, 15) is 9.46 Å². The van der Waals surface area contributed by atoms with E-state index in [0.717, 1.165) is 19.3 Å². The highest BCUT2D eigenvalue weighted by molar-refractivity contribution is 7.38. The van der Waals surface area contributed by atoms with Gasteiger partial charge in [0.15, 0.2) is 0 Å². The van der Waals surface area contributed by atoms with Crippen molar-refractivity contribution in [3.63, 3.8) is 0 Å². The summed E-state index contributed by atoms with van der Waals surface area (Å²) in [6.07, 6.45) is 25.7. The Morgan fingerprint density at radius 2 is 1.14 bits per heavy atom. The first-order chi connectivity index (χ1) is 13.8. The summed E-state index contributed by atoms with van der Waals surface area (Å²) in [5.74, 6) is 0. The van der Waals surface area contributed by atoms with Gasteiger partial charge in [-0.15, -0.1) is 0 Å². The van der Waals surface area contributed by atoms with Crippen LogP contribution in [0.2, 0.25) is 0 Å². The molecule has 0 aliphatic carbocycles. The lowest BCUT2D eigenvalue weighted by molar-refractivity contribution is -0.910. The molecule has 0 saturated carbocycles. The molecule has 0 heterocycles. The Morgan fingerprint density at radius 1 is 0.724 bits per heavy atom. The van der Waals surface area contributed by atoms with Crippen LogP contribution in [0.5, 0.6) is 0 Å². The van der Waals surface area contributed by atoms with Crippen molar-refractivity contribution in [3.8, 4) is 0 Å².